The van der Waals surface area contributed by atoms with E-state index in [1.165, 1.54) is 30.4 Å². The van der Waals surface area contributed by atoms with Crippen LogP contribution in [0.3, 0.4) is 0 Å². The molecule has 2 aromatic rings. The topological polar surface area (TPSA) is 62.2 Å². The maximum absolute atomic E-state index is 11.0. The van der Waals surface area contributed by atoms with Gasteiger partial charge in [-0.1, -0.05) is 24.6 Å². The van der Waals surface area contributed by atoms with E-state index in [4.69, 9.17) is 5.11 Å². The number of nitrogens with one attached hydrogen (secondary N) is 1. The van der Waals surface area contributed by atoms with Crippen LogP contribution >= 0.6 is 0 Å². The van der Waals surface area contributed by atoms with Crippen LogP contribution < -0.4 is 5.32 Å². The second-order valence-corrected chi connectivity index (χ2v) is 6.70. The molecule has 118 valence electrons. The first-order valence-corrected chi connectivity index (χ1v) is 8.20. The molecule has 1 aromatic heterocycles. The summed E-state index contributed by atoms with van der Waals surface area (Å²) < 4.78 is 0. The average Bonchev–Trinajstić information content (AvgIpc) is 3.04. The number of rotatable bonds is 2. The van der Waals surface area contributed by atoms with Crippen LogP contribution in [0.15, 0.2) is 36.5 Å². The number of pyridine rings is 1. The number of fused-ring (bicyclic) bond motifs is 3. The van der Waals surface area contributed by atoms with Crippen LogP contribution in [0.5, 0.6) is 0 Å². The Balaban J connectivity index is 1.72. The van der Waals surface area contributed by atoms with E-state index in [1.807, 2.05) is 18.3 Å². The van der Waals surface area contributed by atoms with Crippen LogP contribution in [0.1, 0.15) is 58.3 Å². The van der Waals surface area contributed by atoms with Crippen molar-refractivity contribution in [2.75, 3.05) is 5.32 Å². The fraction of sp³-hybridized carbons (Fsp3) is 0.368. The SMILES string of the molecule is Cc1cnc2c(c1)[C@@H]1CCC[C@@H]1[C@H](c1ccc(C(=O)O)cc1)N2. The minimum Gasteiger partial charge on any atom is -0.478 e. The number of nitrogens with zero attached hydrogens (tertiary/aromatic N) is 1. The summed E-state index contributed by atoms with van der Waals surface area (Å²) in [4.78, 5) is 15.6. The highest BCUT2D eigenvalue weighted by Gasteiger charge is 2.40. The number of carboxylic acid groups (broad SMARTS) is 1. The normalized spacial score (nSPS) is 25.3. The number of aryl methyl sites for hydroxylation is 1. The third-order valence-corrected chi connectivity index (χ3v) is 5.26. The monoisotopic (exact) mass is 308 g/mol. The van der Waals surface area contributed by atoms with Crippen LogP contribution in [-0.4, -0.2) is 16.1 Å². The lowest BCUT2D eigenvalue weighted by Gasteiger charge is -2.37. The van der Waals surface area contributed by atoms with Gasteiger partial charge in [0.05, 0.1) is 11.6 Å². The predicted octanol–water partition coefficient (Wildman–Crippen LogP) is 4.14. The van der Waals surface area contributed by atoms with E-state index in [1.54, 1.807) is 12.1 Å². The molecule has 1 aliphatic heterocycles. The molecule has 0 unspecified atom stereocenters. The lowest BCUT2D eigenvalue weighted by Crippen LogP contribution is -2.29. The van der Waals surface area contributed by atoms with Crippen LogP contribution in [0.2, 0.25) is 0 Å². The lowest BCUT2D eigenvalue weighted by molar-refractivity contribution is 0.0697. The second-order valence-electron chi connectivity index (χ2n) is 6.70. The van der Waals surface area contributed by atoms with Crippen molar-refractivity contribution in [3.8, 4) is 0 Å². The van der Waals surface area contributed by atoms with Gasteiger partial charge in [-0.2, -0.15) is 0 Å². The number of aromatic carboxylic acids is 1. The van der Waals surface area contributed by atoms with Gasteiger partial charge in [0.15, 0.2) is 0 Å². The molecule has 0 amide bonds. The summed E-state index contributed by atoms with van der Waals surface area (Å²) in [5, 5.41) is 12.7. The van der Waals surface area contributed by atoms with Crippen molar-refractivity contribution in [1.82, 2.24) is 4.98 Å². The molecule has 2 aliphatic rings. The van der Waals surface area contributed by atoms with Gasteiger partial charge in [0.25, 0.3) is 0 Å². The zero-order chi connectivity index (χ0) is 16.0. The smallest absolute Gasteiger partial charge is 0.335 e. The zero-order valence-electron chi connectivity index (χ0n) is 13.1. The fourth-order valence-electron chi connectivity index (χ4n) is 4.19. The molecule has 1 aromatic carbocycles. The maximum atomic E-state index is 11.0. The molecule has 0 spiro atoms. The molecule has 2 N–H and O–H groups in total. The number of aromatic nitrogens is 1. The fourth-order valence-corrected chi connectivity index (χ4v) is 4.19. The highest BCUT2D eigenvalue weighted by molar-refractivity contribution is 5.87. The van der Waals surface area contributed by atoms with Gasteiger partial charge in [-0.15, -0.1) is 0 Å². The van der Waals surface area contributed by atoms with Crippen LogP contribution in [-0.2, 0) is 0 Å². The Hall–Kier alpha value is -2.36. The second kappa shape index (κ2) is 5.37. The highest BCUT2D eigenvalue weighted by Crippen LogP contribution is 2.52. The summed E-state index contributed by atoms with van der Waals surface area (Å²) in [6.45, 7) is 2.09. The Morgan fingerprint density at radius 3 is 2.78 bits per heavy atom. The van der Waals surface area contributed by atoms with Gasteiger partial charge >= 0.3 is 5.97 Å². The van der Waals surface area contributed by atoms with Gasteiger partial charge in [0.1, 0.15) is 5.82 Å². The van der Waals surface area contributed by atoms with E-state index >= 15 is 0 Å². The summed E-state index contributed by atoms with van der Waals surface area (Å²) >= 11 is 0. The highest BCUT2D eigenvalue weighted by atomic mass is 16.4. The number of benzene rings is 1. The molecular weight excluding hydrogens is 288 g/mol. The number of hydrogen-bond acceptors (Lipinski definition) is 3. The number of hydrogen-bond donors (Lipinski definition) is 2. The van der Waals surface area contributed by atoms with Gasteiger partial charge < -0.3 is 10.4 Å². The van der Waals surface area contributed by atoms with E-state index in [2.05, 4.69) is 23.3 Å². The van der Waals surface area contributed by atoms with Crippen molar-refractivity contribution in [3.05, 3.63) is 58.8 Å². The summed E-state index contributed by atoms with van der Waals surface area (Å²) in [5.41, 5.74) is 4.05. The van der Waals surface area contributed by atoms with Crippen molar-refractivity contribution < 1.29 is 9.90 Å². The molecule has 4 rings (SSSR count). The minimum atomic E-state index is -0.880. The maximum Gasteiger partial charge on any atom is 0.335 e. The third kappa shape index (κ3) is 2.38. The van der Waals surface area contributed by atoms with Crippen molar-refractivity contribution in [1.29, 1.82) is 0 Å². The summed E-state index contributed by atoms with van der Waals surface area (Å²) in [5.74, 6) is 1.23. The molecule has 23 heavy (non-hydrogen) atoms. The molecule has 4 heteroatoms. The van der Waals surface area contributed by atoms with E-state index < -0.39 is 5.97 Å². The summed E-state index contributed by atoms with van der Waals surface area (Å²) in [6.07, 6.45) is 5.57. The van der Waals surface area contributed by atoms with Crippen LogP contribution in [0.4, 0.5) is 5.82 Å². The average molecular weight is 308 g/mol. The molecule has 0 radical (unpaired) electrons. The first kappa shape index (κ1) is 14.2. The molecule has 1 saturated carbocycles. The van der Waals surface area contributed by atoms with Gasteiger partial charge in [-0.25, -0.2) is 9.78 Å². The first-order valence-electron chi connectivity index (χ1n) is 8.20. The van der Waals surface area contributed by atoms with Gasteiger partial charge in [0, 0.05) is 6.20 Å². The van der Waals surface area contributed by atoms with Crippen molar-refractivity contribution >= 4 is 11.8 Å². The Bertz CT molecular complexity index is 754. The molecule has 0 bridgehead atoms. The molecule has 2 heterocycles. The number of carboxylic acids is 1. The number of anilines is 1. The van der Waals surface area contributed by atoms with Crippen LogP contribution in [0, 0.1) is 12.8 Å². The summed E-state index contributed by atoms with van der Waals surface area (Å²) in [6, 6.07) is 9.75. The van der Waals surface area contributed by atoms with Crippen LogP contribution in [0.25, 0.3) is 0 Å². The molecule has 0 saturated heterocycles. The third-order valence-electron chi connectivity index (χ3n) is 5.26. The first-order chi connectivity index (χ1) is 11.1. The standard InChI is InChI=1S/C19H20N2O2/c1-11-9-16-14-3-2-4-15(14)17(21-18(16)20-10-11)12-5-7-13(8-6-12)19(22)23/h5-10,14-15,17H,2-4H2,1H3,(H,20,21)(H,22,23)/t14-,15+,17+/m1/s1. The molecule has 3 atom stereocenters. The van der Waals surface area contributed by atoms with Gasteiger partial charge in [0.2, 0.25) is 0 Å². The van der Waals surface area contributed by atoms with E-state index in [9.17, 15) is 4.79 Å². The van der Waals surface area contributed by atoms with E-state index in [0.29, 0.717) is 17.4 Å². The largest absolute Gasteiger partial charge is 0.478 e. The quantitative estimate of drug-likeness (QED) is 0.875. The molecule has 1 fully saturated rings. The van der Waals surface area contributed by atoms with E-state index in [0.717, 1.165) is 11.4 Å². The predicted molar refractivity (Wildman–Crippen MR) is 88.8 cm³/mol. The molecule has 4 nitrogen and oxygen atoms in total. The van der Waals surface area contributed by atoms with Gasteiger partial charge in [-0.05, 0) is 60.4 Å². The molecular formula is C19H20N2O2. The molecule has 1 aliphatic carbocycles. The Morgan fingerprint density at radius 1 is 1.26 bits per heavy atom. The summed E-state index contributed by atoms with van der Waals surface area (Å²) in [7, 11) is 0. The van der Waals surface area contributed by atoms with Crippen molar-refractivity contribution in [2.24, 2.45) is 5.92 Å². The van der Waals surface area contributed by atoms with Crippen molar-refractivity contribution in [2.45, 2.75) is 38.1 Å². The Morgan fingerprint density at radius 2 is 2.04 bits per heavy atom. The lowest BCUT2D eigenvalue weighted by atomic mass is 9.78. The van der Waals surface area contributed by atoms with Gasteiger partial charge in [-0.3, -0.25) is 0 Å². The Labute approximate surface area is 135 Å². The minimum absolute atomic E-state index is 0.216. The number of carbonyl (C=O) groups is 1. The zero-order valence-corrected chi connectivity index (χ0v) is 13.1. The Kier molecular flexibility index (Phi) is 3.33. The van der Waals surface area contributed by atoms with Crippen molar-refractivity contribution in [3.63, 3.8) is 0 Å². The van der Waals surface area contributed by atoms with E-state index in [-0.39, 0.29) is 6.04 Å².